The van der Waals surface area contributed by atoms with Crippen molar-refractivity contribution in [2.45, 2.75) is 44.9 Å². The largest absolute Gasteiger partial charge is 0.496 e. The summed E-state index contributed by atoms with van der Waals surface area (Å²) < 4.78 is 25.6. The van der Waals surface area contributed by atoms with Crippen LogP contribution >= 0.6 is 0 Å². The Morgan fingerprint density at radius 1 is 1.11 bits per heavy atom. The summed E-state index contributed by atoms with van der Waals surface area (Å²) in [6, 6.07) is 11.0. The highest BCUT2D eigenvalue weighted by atomic mass is 19.1. The molecule has 0 bridgehead atoms. The number of methoxy groups -OCH3 is 2. The summed E-state index contributed by atoms with van der Waals surface area (Å²) in [4.78, 5) is 24.9. The standard InChI is InChI=1S/C27H30FNO6/c1-16(2)29-26(23-11-9-17(28)13-24(23)34-3)21(20-7-5-6-8-22(20)27(29)33)12-10-18(30)14-19(31)15-25(32)35-4/h5-13,16,18-19,30-31H,14-15H2,1-4H3/t18?,19-/m1/s1. The van der Waals surface area contributed by atoms with Crippen LogP contribution in [0.15, 0.2) is 53.3 Å². The van der Waals surface area contributed by atoms with E-state index >= 15 is 0 Å². The average molecular weight is 484 g/mol. The maximum atomic E-state index is 14.0. The molecule has 0 saturated heterocycles. The van der Waals surface area contributed by atoms with Crippen LogP contribution in [0, 0.1) is 5.82 Å². The Morgan fingerprint density at radius 3 is 2.43 bits per heavy atom. The quantitative estimate of drug-likeness (QED) is 0.445. The fourth-order valence-electron chi connectivity index (χ4n) is 4.11. The van der Waals surface area contributed by atoms with Crippen LogP contribution < -0.4 is 10.3 Å². The Bertz CT molecular complexity index is 1300. The maximum Gasteiger partial charge on any atom is 0.308 e. The first kappa shape index (κ1) is 26.1. The predicted octanol–water partition coefficient (Wildman–Crippen LogP) is 4.09. The Kier molecular flexibility index (Phi) is 8.43. The summed E-state index contributed by atoms with van der Waals surface area (Å²) >= 11 is 0. The molecular weight excluding hydrogens is 453 g/mol. The SMILES string of the molecule is COC(=O)C[C@H](O)CC(O)C=Cc1c(-c2ccc(F)cc2OC)n(C(C)C)c(=O)c2ccccc12. The monoisotopic (exact) mass is 483 g/mol. The van der Waals surface area contributed by atoms with Gasteiger partial charge in [-0.2, -0.15) is 0 Å². The summed E-state index contributed by atoms with van der Waals surface area (Å²) in [7, 11) is 2.66. The highest BCUT2D eigenvalue weighted by Gasteiger charge is 2.22. The van der Waals surface area contributed by atoms with Gasteiger partial charge in [-0.25, -0.2) is 4.39 Å². The van der Waals surface area contributed by atoms with E-state index < -0.39 is 24.0 Å². The Hall–Kier alpha value is -3.49. The normalized spacial score (nSPS) is 13.4. The predicted molar refractivity (Wildman–Crippen MR) is 133 cm³/mol. The average Bonchev–Trinajstić information content (AvgIpc) is 2.82. The highest BCUT2D eigenvalue weighted by Crippen LogP contribution is 2.37. The minimum Gasteiger partial charge on any atom is -0.496 e. The first-order valence-corrected chi connectivity index (χ1v) is 11.3. The first-order valence-electron chi connectivity index (χ1n) is 11.3. The molecule has 3 rings (SSSR count). The van der Waals surface area contributed by atoms with Gasteiger partial charge in [0.25, 0.3) is 5.56 Å². The summed E-state index contributed by atoms with van der Waals surface area (Å²) in [6.07, 6.45) is 0.699. The molecule has 0 aliphatic rings. The lowest BCUT2D eigenvalue weighted by atomic mass is 9.96. The number of aliphatic hydroxyl groups is 2. The molecule has 0 aliphatic heterocycles. The van der Waals surface area contributed by atoms with E-state index in [-0.39, 0.29) is 30.2 Å². The molecule has 1 heterocycles. The minimum absolute atomic E-state index is 0.0808. The Labute approximate surface area is 203 Å². The Morgan fingerprint density at radius 2 is 1.80 bits per heavy atom. The molecule has 8 heteroatoms. The van der Waals surface area contributed by atoms with Crippen molar-refractivity contribution < 1.29 is 28.9 Å². The summed E-state index contributed by atoms with van der Waals surface area (Å²) in [5.74, 6) is -0.788. The van der Waals surface area contributed by atoms with Gasteiger partial charge in [-0.1, -0.05) is 30.4 Å². The number of hydrogen-bond acceptors (Lipinski definition) is 6. The van der Waals surface area contributed by atoms with Gasteiger partial charge in [0, 0.05) is 35.0 Å². The second kappa shape index (κ2) is 11.3. The van der Waals surface area contributed by atoms with E-state index in [4.69, 9.17) is 4.74 Å². The van der Waals surface area contributed by atoms with Gasteiger partial charge < -0.3 is 24.3 Å². The van der Waals surface area contributed by atoms with Crippen LogP contribution in [-0.2, 0) is 9.53 Å². The maximum absolute atomic E-state index is 14.0. The van der Waals surface area contributed by atoms with E-state index in [1.54, 1.807) is 41.0 Å². The molecule has 2 atom stereocenters. The number of rotatable bonds is 9. The number of halogens is 1. The molecule has 0 spiro atoms. The third-order valence-electron chi connectivity index (χ3n) is 5.73. The topological polar surface area (TPSA) is 98.0 Å². The number of ether oxygens (including phenoxy) is 2. The van der Waals surface area contributed by atoms with Crippen molar-refractivity contribution in [1.29, 1.82) is 0 Å². The molecule has 2 aromatic carbocycles. The van der Waals surface area contributed by atoms with Crippen molar-refractivity contribution in [3.63, 3.8) is 0 Å². The molecule has 0 fully saturated rings. The van der Waals surface area contributed by atoms with Gasteiger partial charge in [0.2, 0.25) is 0 Å². The Balaban J connectivity index is 2.22. The zero-order valence-corrected chi connectivity index (χ0v) is 20.2. The fourth-order valence-corrected chi connectivity index (χ4v) is 4.11. The van der Waals surface area contributed by atoms with E-state index in [0.717, 1.165) is 0 Å². The number of aromatic nitrogens is 1. The van der Waals surface area contributed by atoms with E-state index in [9.17, 15) is 24.2 Å². The van der Waals surface area contributed by atoms with Crippen LogP contribution in [-0.4, -0.2) is 47.2 Å². The van der Waals surface area contributed by atoms with Crippen LogP contribution in [0.3, 0.4) is 0 Å². The first-order chi connectivity index (χ1) is 16.7. The molecule has 0 aliphatic carbocycles. The van der Waals surface area contributed by atoms with Crippen molar-refractivity contribution in [2.75, 3.05) is 14.2 Å². The zero-order chi connectivity index (χ0) is 25.7. The van der Waals surface area contributed by atoms with Gasteiger partial charge in [-0.05, 0) is 37.4 Å². The van der Waals surface area contributed by atoms with Crippen molar-refractivity contribution in [3.8, 4) is 17.0 Å². The third kappa shape index (κ3) is 5.78. The molecular formula is C27H30FNO6. The molecule has 186 valence electrons. The van der Waals surface area contributed by atoms with Crippen molar-refractivity contribution in [1.82, 2.24) is 4.57 Å². The van der Waals surface area contributed by atoms with Crippen molar-refractivity contribution in [3.05, 3.63) is 70.3 Å². The van der Waals surface area contributed by atoms with Crippen LogP contribution in [0.4, 0.5) is 4.39 Å². The molecule has 1 unspecified atom stereocenters. The van der Waals surface area contributed by atoms with Crippen molar-refractivity contribution >= 4 is 22.8 Å². The lowest BCUT2D eigenvalue weighted by Gasteiger charge is -2.23. The number of carbonyl (C=O) groups excluding carboxylic acids is 1. The molecule has 0 amide bonds. The van der Waals surface area contributed by atoms with Gasteiger partial charge in [0.15, 0.2) is 0 Å². The third-order valence-corrected chi connectivity index (χ3v) is 5.73. The molecule has 7 nitrogen and oxygen atoms in total. The van der Waals surface area contributed by atoms with Crippen LogP contribution in [0.1, 0.15) is 38.3 Å². The van der Waals surface area contributed by atoms with E-state index in [0.29, 0.717) is 27.6 Å². The number of hydrogen-bond donors (Lipinski definition) is 2. The second-order valence-corrected chi connectivity index (χ2v) is 8.52. The summed E-state index contributed by atoms with van der Waals surface area (Å²) in [5.41, 5.74) is 1.45. The van der Waals surface area contributed by atoms with E-state index in [1.165, 1.54) is 32.4 Å². The highest BCUT2D eigenvalue weighted by molar-refractivity contribution is 5.96. The van der Waals surface area contributed by atoms with Gasteiger partial charge >= 0.3 is 5.97 Å². The van der Waals surface area contributed by atoms with Crippen LogP contribution in [0.25, 0.3) is 28.1 Å². The smallest absolute Gasteiger partial charge is 0.308 e. The van der Waals surface area contributed by atoms with Crippen molar-refractivity contribution in [2.24, 2.45) is 0 Å². The lowest BCUT2D eigenvalue weighted by molar-refractivity contribution is -0.143. The summed E-state index contributed by atoms with van der Waals surface area (Å²) in [6.45, 7) is 3.75. The van der Waals surface area contributed by atoms with E-state index in [1.807, 2.05) is 13.8 Å². The summed E-state index contributed by atoms with van der Waals surface area (Å²) in [5, 5.41) is 21.7. The molecule has 0 saturated carbocycles. The zero-order valence-electron chi connectivity index (χ0n) is 20.2. The minimum atomic E-state index is -1.08. The lowest BCUT2D eigenvalue weighted by Crippen LogP contribution is -2.25. The van der Waals surface area contributed by atoms with Gasteiger partial charge in [-0.15, -0.1) is 0 Å². The molecule has 35 heavy (non-hydrogen) atoms. The molecule has 0 radical (unpaired) electrons. The van der Waals surface area contributed by atoms with Gasteiger partial charge in [0.05, 0.1) is 38.5 Å². The van der Waals surface area contributed by atoms with E-state index in [2.05, 4.69) is 4.74 Å². The fraction of sp³-hybridized carbons (Fsp3) is 0.333. The number of fused-ring (bicyclic) bond motifs is 1. The van der Waals surface area contributed by atoms with Gasteiger partial charge in [-0.3, -0.25) is 9.59 Å². The number of carbonyl (C=O) groups is 1. The molecule has 2 N–H and O–H groups in total. The molecule has 3 aromatic rings. The van der Waals surface area contributed by atoms with Gasteiger partial charge in [0.1, 0.15) is 11.6 Å². The van der Waals surface area contributed by atoms with Crippen LogP contribution in [0.5, 0.6) is 5.75 Å². The second-order valence-electron chi connectivity index (χ2n) is 8.52. The number of benzene rings is 2. The number of aliphatic hydroxyl groups excluding tert-OH is 2. The molecule has 1 aromatic heterocycles. The number of esters is 1. The number of nitrogens with zero attached hydrogens (tertiary/aromatic N) is 1. The van der Waals surface area contributed by atoms with Crippen LogP contribution in [0.2, 0.25) is 0 Å². The number of pyridine rings is 1.